The summed E-state index contributed by atoms with van der Waals surface area (Å²) in [6.45, 7) is 0.972. The van der Waals surface area contributed by atoms with E-state index in [2.05, 4.69) is 15.3 Å². The lowest BCUT2D eigenvalue weighted by Gasteiger charge is -2.07. The Bertz CT molecular complexity index is 278. The number of carbonyl (C=O) groups is 1. The first-order valence-corrected chi connectivity index (χ1v) is 3.88. The van der Waals surface area contributed by atoms with Gasteiger partial charge in [0.05, 0.1) is 6.04 Å². The van der Waals surface area contributed by atoms with Gasteiger partial charge in [0, 0.05) is 12.4 Å². The minimum absolute atomic E-state index is 0.0581. The van der Waals surface area contributed by atoms with Gasteiger partial charge in [-0.15, -0.1) is 0 Å². The maximum absolute atomic E-state index is 12.0. The molecule has 0 spiro atoms. The number of amides is 1. The standard InChI is InChI=1S/C8H10FN3O/c1-6(5-9)12-8(13)7-10-3-2-4-11-7/h2-4,6H,5H2,1H3,(H,12,13). The van der Waals surface area contributed by atoms with Crippen molar-refractivity contribution in [3.05, 3.63) is 24.3 Å². The summed E-state index contributed by atoms with van der Waals surface area (Å²) in [5.41, 5.74) is 0. The third-order valence-electron chi connectivity index (χ3n) is 1.38. The minimum atomic E-state index is -0.599. The lowest BCUT2D eigenvalue weighted by Crippen LogP contribution is -2.34. The van der Waals surface area contributed by atoms with E-state index in [4.69, 9.17) is 0 Å². The highest BCUT2D eigenvalue weighted by Gasteiger charge is 2.10. The van der Waals surface area contributed by atoms with Crippen molar-refractivity contribution in [1.82, 2.24) is 15.3 Å². The number of alkyl halides is 1. The highest BCUT2D eigenvalue weighted by molar-refractivity contribution is 5.90. The Morgan fingerprint density at radius 3 is 2.77 bits per heavy atom. The van der Waals surface area contributed by atoms with Gasteiger partial charge in [0.2, 0.25) is 5.82 Å². The topological polar surface area (TPSA) is 54.9 Å². The van der Waals surface area contributed by atoms with E-state index in [1.54, 1.807) is 13.0 Å². The van der Waals surface area contributed by atoms with Crippen LogP contribution in [0.5, 0.6) is 0 Å². The van der Waals surface area contributed by atoms with E-state index in [1.165, 1.54) is 12.4 Å². The number of nitrogens with one attached hydrogen (secondary N) is 1. The SMILES string of the molecule is CC(CF)NC(=O)c1ncccn1. The predicted molar refractivity (Wildman–Crippen MR) is 44.9 cm³/mol. The van der Waals surface area contributed by atoms with E-state index in [-0.39, 0.29) is 5.82 Å². The Morgan fingerprint density at radius 1 is 1.62 bits per heavy atom. The summed E-state index contributed by atoms with van der Waals surface area (Å²) in [4.78, 5) is 18.7. The molecule has 1 N–H and O–H groups in total. The Morgan fingerprint density at radius 2 is 2.23 bits per heavy atom. The fraction of sp³-hybridized carbons (Fsp3) is 0.375. The van der Waals surface area contributed by atoms with E-state index >= 15 is 0 Å². The molecule has 0 fully saturated rings. The lowest BCUT2D eigenvalue weighted by molar-refractivity contribution is 0.0923. The van der Waals surface area contributed by atoms with Crippen molar-refractivity contribution < 1.29 is 9.18 Å². The van der Waals surface area contributed by atoms with Crippen molar-refractivity contribution in [1.29, 1.82) is 0 Å². The van der Waals surface area contributed by atoms with Gasteiger partial charge in [0.25, 0.3) is 5.91 Å². The van der Waals surface area contributed by atoms with E-state index in [0.29, 0.717) is 0 Å². The summed E-state index contributed by atoms with van der Waals surface area (Å²) in [6.07, 6.45) is 2.92. The zero-order chi connectivity index (χ0) is 9.68. The molecule has 0 aromatic carbocycles. The lowest BCUT2D eigenvalue weighted by atomic mass is 10.3. The number of aromatic nitrogens is 2. The third kappa shape index (κ3) is 2.77. The highest BCUT2D eigenvalue weighted by Crippen LogP contribution is 1.90. The third-order valence-corrected chi connectivity index (χ3v) is 1.38. The molecule has 1 aromatic rings. The molecular formula is C8H10FN3O. The number of hydrogen-bond donors (Lipinski definition) is 1. The summed E-state index contributed by atoms with van der Waals surface area (Å²) >= 11 is 0. The van der Waals surface area contributed by atoms with Gasteiger partial charge in [0.15, 0.2) is 0 Å². The van der Waals surface area contributed by atoms with Crippen LogP contribution in [0.2, 0.25) is 0 Å². The zero-order valence-electron chi connectivity index (χ0n) is 7.20. The van der Waals surface area contributed by atoms with Crippen molar-refractivity contribution >= 4 is 5.91 Å². The second-order valence-electron chi connectivity index (χ2n) is 2.60. The molecule has 0 saturated heterocycles. The summed E-state index contributed by atoms with van der Waals surface area (Å²) in [6, 6.07) is 1.10. The van der Waals surface area contributed by atoms with Crippen LogP contribution >= 0.6 is 0 Å². The molecule has 0 aliphatic carbocycles. The Hall–Kier alpha value is -1.52. The van der Waals surface area contributed by atoms with Crippen LogP contribution in [0.25, 0.3) is 0 Å². The van der Waals surface area contributed by atoms with Crippen molar-refractivity contribution in [2.75, 3.05) is 6.67 Å². The number of hydrogen-bond acceptors (Lipinski definition) is 3. The molecule has 1 atom stereocenters. The summed E-state index contributed by atoms with van der Waals surface area (Å²) in [5.74, 6) is -0.395. The molecule has 1 rings (SSSR count). The van der Waals surface area contributed by atoms with Crippen LogP contribution in [-0.4, -0.2) is 28.6 Å². The largest absolute Gasteiger partial charge is 0.344 e. The molecule has 5 heteroatoms. The van der Waals surface area contributed by atoms with Crippen LogP contribution in [0, 0.1) is 0 Å². The molecule has 0 saturated carbocycles. The normalized spacial score (nSPS) is 12.2. The minimum Gasteiger partial charge on any atom is -0.344 e. The molecule has 0 bridgehead atoms. The van der Waals surface area contributed by atoms with Crippen LogP contribution < -0.4 is 5.32 Å². The van der Waals surface area contributed by atoms with E-state index in [1.807, 2.05) is 0 Å². The fourth-order valence-electron chi connectivity index (χ4n) is 0.743. The highest BCUT2D eigenvalue weighted by atomic mass is 19.1. The van der Waals surface area contributed by atoms with Gasteiger partial charge in [-0.1, -0.05) is 0 Å². The fourth-order valence-corrected chi connectivity index (χ4v) is 0.743. The van der Waals surface area contributed by atoms with Gasteiger partial charge in [-0.25, -0.2) is 14.4 Å². The van der Waals surface area contributed by atoms with E-state index < -0.39 is 18.6 Å². The quantitative estimate of drug-likeness (QED) is 0.745. The van der Waals surface area contributed by atoms with Crippen molar-refractivity contribution in [3.63, 3.8) is 0 Å². The Labute approximate surface area is 75.2 Å². The van der Waals surface area contributed by atoms with Crippen LogP contribution in [0.15, 0.2) is 18.5 Å². The number of carbonyl (C=O) groups excluding carboxylic acids is 1. The summed E-state index contributed by atoms with van der Waals surface area (Å²) in [7, 11) is 0. The summed E-state index contributed by atoms with van der Waals surface area (Å²) < 4.78 is 12.0. The zero-order valence-corrected chi connectivity index (χ0v) is 7.20. The number of halogens is 1. The van der Waals surface area contributed by atoms with Crippen LogP contribution in [0.3, 0.4) is 0 Å². The van der Waals surface area contributed by atoms with Crippen LogP contribution in [-0.2, 0) is 0 Å². The van der Waals surface area contributed by atoms with Gasteiger partial charge >= 0.3 is 0 Å². The Kier molecular flexibility index (Phi) is 3.31. The van der Waals surface area contributed by atoms with Gasteiger partial charge in [-0.2, -0.15) is 0 Å². The van der Waals surface area contributed by atoms with E-state index in [0.717, 1.165) is 0 Å². The smallest absolute Gasteiger partial charge is 0.289 e. The van der Waals surface area contributed by atoms with Crippen molar-refractivity contribution in [3.8, 4) is 0 Å². The molecule has 1 amide bonds. The average molecular weight is 183 g/mol. The molecule has 70 valence electrons. The predicted octanol–water partition coefficient (Wildman–Crippen LogP) is 0.564. The number of rotatable bonds is 3. The first-order valence-electron chi connectivity index (χ1n) is 3.88. The first-order chi connectivity index (χ1) is 6.24. The van der Waals surface area contributed by atoms with Crippen LogP contribution in [0.1, 0.15) is 17.5 Å². The molecule has 1 aromatic heterocycles. The molecule has 0 radical (unpaired) electrons. The number of nitrogens with zero attached hydrogens (tertiary/aromatic N) is 2. The van der Waals surface area contributed by atoms with Gasteiger partial charge in [0.1, 0.15) is 6.67 Å². The average Bonchev–Trinajstić information content (AvgIpc) is 2.19. The van der Waals surface area contributed by atoms with Crippen molar-refractivity contribution in [2.24, 2.45) is 0 Å². The van der Waals surface area contributed by atoms with Crippen molar-refractivity contribution in [2.45, 2.75) is 13.0 Å². The van der Waals surface area contributed by atoms with Crippen LogP contribution in [0.4, 0.5) is 4.39 Å². The second-order valence-corrected chi connectivity index (χ2v) is 2.60. The molecule has 1 unspecified atom stereocenters. The maximum Gasteiger partial charge on any atom is 0.289 e. The second kappa shape index (κ2) is 4.49. The van der Waals surface area contributed by atoms with Gasteiger partial charge in [-0.05, 0) is 13.0 Å². The molecular weight excluding hydrogens is 173 g/mol. The molecule has 1 heterocycles. The monoisotopic (exact) mass is 183 g/mol. The first kappa shape index (κ1) is 9.57. The summed E-state index contributed by atoms with van der Waals surface area (Å²) in [5, 5.41) is 2.41. The van der Waals surface area contributed by atoms with Gasteiger partial charge < -0.3 is 5.32 Å². The molecule has 13 heavy (non-hydrogen) atoms. The maximum atomic E-state index is 12.0. The van der Waals surface area contributed by atoms with Gasteiger partial charge in [-0.3, -0.25) is 4.79 Å². The van der Waals surface area contributed by atoms with E-state index in [9.17, 15) is 9.18 Å². The Balaban J connectivity index is 2.59. The molecule has 4 nitrogen and oxygen atoms in total. The molecule has 0 aliphatic heterocycles. The molecule has 0 aliphatic rings.